The molecule has 6 heteroatoms. The average Bonchev–Trinajstić information content (AvgIpc) is 2.80. The fourth-order valence-corrected chi connectivity index (χ4v) is 2.51. The van der Waals surface area contributed by atoms with Gasteiger partial charge in [-0.3, -0.25) is 4.79 Å². The van der Waals surface area contributed by atoms with Crippen LogP contribution in [0.1, 0.15) is 5.56 Å². The summed E-state index contributed by atoms with van der Waals surface area (Å²) in [5.41, 5.74) is 7.48. The number of ether oxygens (including phenoxy) is 2. The first-order chi connectivity index (χ1) is 9.13. The highest BCUT2D eigenvalue weighted by Crippen LogP contribution is 2.26. The van der Waals surface area contributed by atoms with Gasteiger partial charge in [0.25, 0.3) is 0 Å². The summed E-state index contributed by atoms with van der Waals surface area (Å²) in [5.74, 6) is -0.408. The number of methoxy groups -OCH3 is 1. The highest BCUT2D eigenvalue weighted by atomic mass is 79.9. The monoisotopic (exact) mass is 328 g/mol. The summed E-state index contributed by atoms with van der Waals surface area (Å²) in [7, 11) is 1.62. The average molecular weight is 329 g/mol. The molecule has 0 aliphatic carbocycles. The predicted molar refractivity (Wildman–Crippen MR) is 75.8 cm³/mol. The third kappa shape index (κ3) is 3.33. The molecule has 0 radical (unpaired) electrons. The quantitative estimate of drug-likeness (QED) is 0.878. The molecular formula is C13H17BrN2O3. The largest absolute Gasteiger partial charge is 0.380 e. The zero-order valence-electron chi connectivity index (χ0n) is 10.7. The maximum atomic E-state index is 12.2. The molecule has 1 aliphatic rings. The van der Waals surface area contributed by atoms with Gasteiger partial charge in [0.2, 0.25) is 5.91 Å². The number of benzene rings is 1. The maximum Gasteiger partial charge on any atom is 0.231 e. The molecule has 1 aromatic rings. The molecule has 0 saturated carbocycles. The number of anilines is 1. The second kappa shape index (κ2) is 6.47. The van der Waals surface area contributed by atoms with Gasteiger partial charge in [-0.05, 0) is 12.1 Å². The Kier molecular flexibility index (Phi) is 4.93. The number of amides is 1. The van der Waals surface area contributed by atoms with E-state index in [1.807, 2.05) is 18.2 Å². The molecule has 1 aromatic carbocycles. The Balaban J connectivity index is 2.14. The van der Waals surface area contributed by atoms with E-state index >= 15 is 0 Å². The molecule has 2 atom stereocenters. The van der Waals surface area contributed by atoms with Crippen LogP contribution in [-0.2, 0) is 20.9 Å². The number of hydrogen-bond acceptors (Lipinski definition) is 4. The molecule has 1 aliphatic heterocycles. The lowest BCUT2D eigenvalue weighted by molar-refractivity contribution is -0.120. The zero-order chi connectivity index (χ0) is 13.8. The Labute approximate surface area is 120 Å². The lowest BCUT2D eigenvalue weighted by atomic mass is 10.0. The van der Waals surface area contributed by atoms with Gasteiger partial charge in [-0.15, -0.1) is 0 Å². The molecule has 2 unspecified atom stereocenters. The minimum atomic E-state index is -0.297. The first-order valence-corrected chi connectivity index (χ1v) is 6.83. The van der Waals surface area contributed by atoms with Crippen molar-refractivity contribution in [1.82, 2.24) is 0 Å². The van der Waals surface area contributed by atoms with Crippen LogP contribution in [0.5, 0.6) is 0 Å². The minimum Gasteiger partial charge on any atom is -0.380 e. The van der Waals surface area contributed by atoms with Crippen molar-refractivity contribution < 1.29 is 14.3 Å². The lowest BCUT2D eigenvalue weighted by Gasteiger charge is -2.16. The third-order valence-corrected chi connectivity index (χ3v) is 3.87. The molecule has 1 amide bonds. The van der Waals surface area contributed by atoms with Crippen molar-refractivity contribution in [3.63, 3.8) is 0 Å². The number of hydrogen-bond donors (Lipinski definition) is 2. The van der Waals surface area contributed by atoms with Crippen LogP contribution in [0.25, 0.3) is 0 Å². The van der Waals surface area contributed by atoms with Crippen LogP contribution in [-0.4, -0.2) is 32.3 Å². The Morgan fingerprint density at radius 3 is 3.00 bits per heavy atom. The third-order valence-electron chi connectivity index (χ3n) is 3.13. The molecule has 1 saturated heterocycles. The van der Waals surface area contributed by atoms with Gasteiger partial charge >= 0.3 is 0 Å². The van der Waals surface area contributed by atoms with E-state index in [0.717, 1.165) is 15.7 Å². The van der Waals surface area contributed by atoms with E-state index in [-0.39, 0.29) is 17.9 Å². The van der Waals surface area contributed by atoms with Crippen molar-refractivity contribution >= 4 is 27.5 Å². The van der Waals surface area contributed by atoms with Crippen LogP contribution in [0.4, 0.5) is 5.69 Å². The second-order valence-corrected chi connectivity index (χ2v) is 5.35. The van der Waals surface area contributed by atoms with Crippen LogP contribution >= 0.6 is 15.9 Å². The van der Waals surface area contributed by atoms with E-state index in [1.165, 1.54) is 0 Å². The van der Waals surface area contributed by atoms with Crippen LogP contribution in [0.15, 0.2) is 22.7 Å². The number of carbonyl (C=O) groups is 1. The number of nitrogens with two attached hydrogens (primary N) is 1. The van der Waals surface area contributed by atoms with Crippen molar-refractivity contribution in [2.75, 3.05) is 25.6 Å². The Hall–Kier alpha value is -0.950. The van der Waals surface area contributed by atoms with E-state index < -0.39 is 0 Å². The van der Waals surface area contributed by atoms with Crippen LogP contribution in [0, 0.1) is 5.92 Å². The van der Waals surface area contributed by atoms with E-state index in [1.54, 1.807) is 7.11 Å². The predicted octanol–water partition coefficient (Wildman–Crippen LogP) is 1.51. The molecule has 0 spiro atoms. The lowest BCUT2D eigenvalue weighted by Crippen LogP contribution is -2.37. The minimum absolute atomic E-state index is 0.111. The number of nitrogens with one attached hydrogen (secondary N) is 1. The van der Waals surface area contributed by atoms with Gasteiger partial charge in [0.1, 0.15) is 0 Å². The summed E-state index contributed by atoms with van der Waals surface area (Å²) >= 11 is 3.45. The second-order valence-electron chi connectivity index (χ2n) is 4.50. The molecule has 3 N–H and O–H groups in total. The van der Waals surface area contributed by atoms with Gasteiger partial charge in [0.05, 0.1) is 25.7 Å². The Bertz CT molecular complexity index is 467. The summed E-state index contributed by atoms with van der Waals surface area (Å²) in [6.45, 7) is 1.23. The molecule has 0 aromatic heterocycles. The zero-order valence-corrected chi connectivity index (χ0v) is 12.3. The van der Waals surface area contributed by atoms with E-state index in [9.17, 15) is 4.79 Å². The molecule has 104 valence electrons. The fourth-order valence-electron chi connectivity index (χ4n) is 2.03. The molecule has 19 heavy (non-hydrogen) atoms. The Morgan fingerprint density at radius 2 is 2.37 bits per heavy atom. The van der Waals surface area contributed by atoms with E-state index in [2.05, 4.69) is 21.2 Å². The SMILES string of the molecule is COCc1c(Br)cccc1NC(=O)C1COCC1N. The highest BCUT2D eigenvalue weighted by Gasteiger charge is 2.31. The summed E-state index contributed by atoms with van der Waals surface area (Å²) in [6.07, 6.45) is 0. The van der Waals surface area contributed by atoms with Gasteiger partial charge in [-0.2, -0.15) is 0 Å². The van der Waals surface area contributed by atoms with Crippen molar-refractivity contribution in [3.05, 3.63) is 28.2 Å². The topological polar surface area (TPSA) is 73.6 Å². The molecule has 1 fully saturated rings. The van der Waals surface area contributed by atoms with Crippen LogP contribution in [0.2, 0.25) is 0 Å². The summed E-state index contributed by atoms with van der Waals surface area (Å²) in [4.78, 5) is 12.2. The van der Waals surface area contributed by atoms with Gasteiger partial charge < -0.3 is 20.5 Å². The van der Waals surface area contributed by atoms with Crippen molar-refractivity contribution in [1.29, 1.82) is 0 Å². The molecule has 0 bridgehead atoms. The number of rotatable bonds is 4. The first kappa shape index (κ1) is 14.5. The van der Waals surface area contributed by atoms with Crippen molar-refractivity contribution in [2.45, 2.75) is 12.6 Å². The van der Waals surface area contributed by atoms with Crippen molar-refractivity contribution in [3.8, 4) is 0 Å². The maximum absolute atomic E-state index is 12.2. The van der Waals surface area contributed by atoms with Crippen molar-refractivity contribution in [2.24, 2.45) is 11.7 Å². The molecule has 2 rings (SSSR count). The van der Waals surface area contributed by atoms with Gasteiger partial charge in [0, 0.05) is 28.9 Å². The summed E-state index contributed by atoms with van der Waals surface area (Å²) in [5, 5.41) is 2.90. The van der Waals surface area contributed by atoms with E-state index in [4.69, 9.17) is 15.2 Å². The number of halogens is 1. The normalized spacial score (nSPS) is 22.5. The first-order valence-electron chi connectivity index (χ1n) is 6.04. The smallest absolute Gasteiger partial charge is 0.231 e. The standard InChI is InChI=1S/C13H17BrN2O3/c1-18-5-8-10(14)3-2-4-12(8)16-13(17)9-6-19-7-11(9)15/h2-4,9,11H,5-7,15H2,1H3,(H,16,17). The summed E-state index contributed by atoms with van der Waals surface area (Å²) in [6, 6.07) is 5.38. The van der Waals surface area contributed by atoms with Gasteiger partial charge in [0.15, 0.2) is 0 Å². The van der Waals surface area contributed by atoms with Crippen LogP contribution < -0.4 is 11.1 Å². The molecule has 5 nitrogen and oxygen atoms in total. The Morgan fingerprint density at radius 1 is 1.58 bits per heavy atom. The summed E-state index contributed by atoms with van der Waals surface area (Å²) < 4.78 is 11.3. The fraction of sp³-hybridized carbons (Fsp3) is 0.462. The molecular weight excluding hydrogens is 312 g/mol. The highest BCUT2D eigenvalue weighted by molar-refractivity contribution is 9.10. The van der Waals surface area contributed by atoms with Gasteiger partial charge in [-0.1, -0.05) is 22.0 Å². The number of carbonyl (C=O) groups excluding carboxylic acids is 1. The van der Waals surface area contributed by atoms with E-state index in [0.29, 0.717) is 19.8 Å². The van der Waals surface area contributed by atoms with Gasteiger partial charge in [-0.25, -0.2) is 0 Å². The van der Waals surface area contributed by atoms with Crippen LogP contribution in [0.3, 0.4) is 0 Å². The molecule has 1 heterocycles.